The summed E-state index contributed by atoms with van der Waals surface area (Å²) in [6.45, 7) is 5.80. The summed E-state index contributed by atoms with van der Waals surface area (Å²) in [5, 5.41) is 0. The van der Waals surface area contributed by atoms with Crippen LogP contribution in [0, 0.1) is 5.92 Å². The van der Waals surface area contributed by atoms with Gasteiger partial charge in [0.25, 0.3) is 11.8 Å². The summed E-state index contributed by atoms with van der Waals surface area (Å²) in [4.78, 5) is 30.0. The zero-order chi connectivity index (χ0) is 21.7. The highest BCUT2D eigenvalue weighted by Crippen LogP contribution is 2.25. The lowest BCUT2D eigenvalue weighted by Crippen LogP contribution is -2.47. The highest BCUT2D eigenvalue weighted by Gasteiger charge is 2.29. The van der Waals surface area contributed by atoms with Crippen LogP contribution in [0.15, 0.2) is 53.0 Å². The van der Waals surface area contributed by atoms with Crippen molar-refractivity contribution in [1.29, 1.82) is 0 Å². The standard InChI is InChI=1S/C24H29BrN2O3/c1-17(2)21-16-30-22-13-7-5-11-19(22)23(28)26(3)14-8-9-15-27(21)24(29)18-10-4-6-12-20(18)25/h4-7,10-13,17,21H,8-9,14-16H2,1-3H3/t21-/m1/s1. The predicted molar refractivity (Wildman–Crippen MR) is 122 cm³/mol. The summed E-state index contributed by atoms with van der Waals surface area (Å²) in [7, 11) is 1.81. The van der Waals surface area contributed by atoms with Crippen molar-refractivity contribution in [2.45, 2.75) is 32.7 Å². The molecule has 0 radical (unpaired) electrons. The second kappa shape index (κ2) is 10.1. The molecule has 2 aromatic carbocycles. The molecule has 1 aliphatic heterocycles. The van der Waals surface area contributed by atoms with Crippen molar-refractivity contribution < 1.29 is 14.3 Å². The number of nitrogens with zero attached hydrogens (tertiary/aromatic N) is 2. The molecule has 0 spiro atoms. The number of ether oxygens (including phenoxy) is 1. The molecule has 1 atom stereocenters. The molecule has 160 valence electrons. The summed E-state index contributed by atoms with van der Waals surface area (Å²) in [6.07, 6.45) is 1.65. The van der Waals surface area contributed by atoms with Gasteiger partial charge in [-0.05, 0) is 59.0 Å². The average molecular weight is 473 g/mol. The van der Waals surface area contributed by atoms with E-state index in [0.717, 1.165) is 17.3 Å². The van der Waals surface area contributed by atoms with Gasteiger partial charge in [-0.15, -0.1) is 0 Å². The van der Waals surface area contributed by atoms with Gasteiger partial charge < -0.3 is 14.5 Å². The van der Waals surface area contributed by atoms with Gasteiger partial charge in [-0.1, -0.05) is 38.1 Å². The number of benzene rings is 2. The molecule has 6 heteroatoms. The van der Waals surface area contributed by atoms with Crippen molar-refractivity contribution in [3.05, 3.63) is 64.1 Å². The first kappa shape index (κ1) is 22.3. The number of amides is 2. The van der Waals surface area contributed by atoms with Crippen LogP contribution in [0.3, 0.4) is 0 Å². The molecule has 0 saturated carbocycles. The number of para-hydroxylation sites is 1. The van der Waals surface area contributed by atoms with Gasteiger partial charge in [-0.25, -0.2) is 0 Å². The molecular weight excluding hydrogens is 444 g/mol. The second-order valence-electron chi connectivity index (χ2n) is 8.03. The van der Waals surface area contributed by atoms with E-state index in [4.69, 9.17) is 4.74 Å². The van der Waals surface area contributed by atoms with E-state index in [1.807, 2.05) is 54.4 Å². The van der Waals surface area contributed by atoms with E-state index in [1.165, 1.54) is 0 Å². The minimum Gasteiger partial charge on any atom is -0.491 e. The molecular formula is C24H29BrN2O3. The van der Waals surface area contributed by atoms with Crippen LogP contribution in [-0.4, -0.2) is 54.4 Å². The minimum atomic E-state index is -0.107. The Kier molecular flexibility index (Phi) is 7.53. The number of rotatable bonds is 2. The highest BCUT2D eigenvalue weighted by molar-refractivity contribution is 9.10. The molecule has 0 saturated heterocycles. The maximum absolute atomic E-state index is 13.5. The minimum absolute atomic E-state index is 0.000416. The first-order valence-corrected chi connectivity index (χ1v) is 11.2. The fourth-order valence-corrected chi connectivity index (χ4v) is 4.19. The second-order valence-corrected chi connectivity index (χ2v) is 8.89. The van der Waals surface area contributed by atoms with E-state index < -0.39 is 0 Å². The molecule has 1 aliphatic rings. The molecule has 0 fully saturated rings. The Morgan fingerprint density at radius 3 is 2.47 bits per heavy atom. The van der Waals surface area contributed by atoms with Crippen molar-refractivity contribution in [2.75, 3.05) is 26.7 Å². The van der Waals surface area contributed by atoms with E-state index in [2.05, 4.69) is 29.8 Å². The first-order valence-electron chi connectivity index (χ1n) is 10.4. The highest BCUT2D eigenvalue weighted by atomic mass is 79.9. The van der Waals surface area contributed by atoms with Crippen molar-refractivity contribution in [1.82, 2.24) is 9.80 Å². The molecule has 1 heterocycles. The molecule has 0 N–H and O–H groups in total. The summed E-state index contributed by atoms with van der Waals surface area (Å²) in [5.74, 6) is 0.728. The number of hydrogen-bond acceptors (Lipinski definition) is 3. The first-order chi connectivity index (χ1) is 14.4. The van der Waals surface area contributed by atoms with Gasteiger partial charge in [-0.2, -0.15) is 0 Å². The Bertz CT molecular complexity index is 900. The van der Waals surface area contributed by atoms with Crippen molar-refractivity contribution >= 4 is 27.7 Å². The van der Waals surface area contributed by atoms with Gasteiger partial charge in [0.1, 0.15) is 12.4 Å². The number of hydrogen-bond donors (Lipinski definition) is 0. The molecule has 0 bridgehead atoms. The lowest BCUT2D eigenvalue weighted by atomic mass is 10.0. The SMILES string of the molecule is CC(C)[C@H]1COc2ccccc2C(=O)N(C)CCCCN1C(=O)c1ccccc1Br. The molecule has 3 rings (SSSR count). The van der Waals surface area contributed by atoms with Crippen LogP contribution in [0.1, 0.15) is 47.4 Å². The Morgan fingerprint density at radius 2 is 1.73 bits per heavy atom. The Balaban J connectivity index is 1.95. The van der Waals surface area contributed by atoms with Gasteiger partial charge in [0, 0.05) is 24.6 Å². The third kappa shape index (κ3) is 5.04. The van der Waals surface area contributed by atoms with E-state index in [9.17, 15) is 9.59 Å². The van der Waals surface area contributed by atoms with Crippen LogP contribution in [0.5, 0.6) is 5.75 Å². The van der Waals surface area contributed by atoms with E-state index >= 15 is 0 Å². The zero-order valence-corrected chi connectivity index (χ0v) is 19.4. The Morgan fingerprint density at radius 1 is 1.07 bits per heavy atom. The number of carbonyl (C=O) groups is 2. The monoisotopic (exact) mass is 472 g/mol. The van der Waals surface area contributed by atoms with E-state index in [0.29, 0.717) is 36.6 Å². The average Bonchev–Trinajstić information content (AvgIpc) is 2.73. The van der Waals surface area contributed by atoms with Crippen molar-refractivity contribution in [3.8, 4) is 5.75 Å². The van der Waals surface area contributed by atoms with E-state index in [1.54, 1.807) is 11.0 Å². The van der Waals surface area contributed by atoms with Crippen LogP contribution in [0.2, 0.25) is 0 Å². The van der Waals surface area contributed by atoms with Gasteiger partial charge in [0.15, 0.2) is 0 Å². The van der Waals surface area contributed by atoms with Crippen LogP contribution in [0.25, 0.3) is 0 Å². The fourth-order valence-electron chi connectivity index (χ4n) is 3.73. The number of fused-ring (bicyclic) bond motifs is 1. The predicted octanol–water partition coefficient (Wildman–Crippen LogP) is 4.86. The van der Waals surface area contributed by atoms with Crippen LogP contribution in [-0.2, 0) is 0 Å². The summed E-state index contributed by atoms with van der Waals surface area (Å²) in [5.41, 5.74) is 1.22. The van der Waals surface area contributed by atoms with Crippen molar-refractivity contribution in [2.24, 2.45) is 5.92 Å². The quantitative estimate of drug-likeness (QED) is 0.626. The molecule has 0 unspecified atom stereocenters. The van der Waals surface area contributed by atoms with Gasteiger partial charge in [-0.3, -0.25) is 9.59 Å². The number of carbonyl (C=O) groups excluding carboxylic acids is 2. The lowest BCUT2D eigenvalue weighted by molar-refractivity contribution is 0.0514. The summed E-state index contributed by atoms with van der Waals surface area (Å²) < 4.78 is 6.94. The van der Waals surface area contributed by atoms with Gasteiger partial charge >= 0.3 is 0 Å². The molecule has 30 heavy (non-hydrogen) atoms. The third-order valence-electron chi connectivity index (χ3n) is 5.55. The molecule has 2 aromatic rings. The molecule has 5 nitrogen and oxygen atoms in total. The zero-order valence-electron chi connectivity index (χ0n) is 17.8. The normalized spacial score (nSPS) is 18.3. The van der Waals surface area contributed by atoms with Crippen LogP contribution >= 0.6 is 15.9 Å². The smallest absolute Gasteiger partial charge is 0.257 e. The van der Waals surface area contributed by atoms with Crippen LogP contribution in [0.4, 0.5) is 0 Å². The topological polar surface area (TPSA) is 49.9 Å². The fraction of sp³-hybridized carbons (Fsp3) is 0.417. The lowest BCUT2D eigenvalue weighted by Gasteiger charge is -2.35. The molecule has 2 amide bonds. The van der Waals surface area contributed by atoms with Gasteiger partial charge in [0.2, 0.25) is 0 Å². The molecule has 0 aliphatic carbocycles. The Labute approximate surface area is 187 Å². The summed E-state index contributed by atoms with van der Waals surface area (Å²) >= 11 is 3.52. The largest absolute Gasteiger partial charge is 0.491 e. The summed E-state index contributed by atoms with van der Waals surface area (Å²) in [6, 6.07) is 14.8. The van der Waals surface area contributed by atoms with Gasteiger partial charge in [0.05, 0.1) is 17.2 Å². The van der Waals surface area contributed by atoms with Crippen LogP contribution < -0.4 is 4.74 Å². The van der Waals surface area contributed by atoms with Crippen molar-refractivity contribution in [3.63, 3.8) is 0 Å². The maximum atomic E-state index is 13.5. The number of halogens is 1. The third-order valence-corrected chi connectivity index (χ3v) is 6.24. The van der Waals surface area contributed by atoms with E-state index in [-0.39, 0.29) is 23.8 Å². The Hall–Kier alpha value is -2.34. The maximum Gasteiger partial charge on any atom is 0.257 e. The molecule has 0 aromatic heterocycles.